The Balaban J connectivity index is 2.02. The van der Waals surface area contributed by atoms with E-state index in [1.807, 2.05) is 0 Å². The second kappa shape index (κ2) is 11.1. The molecule has 31 heavy (non-hydrogen) atoms. The third-order valence-corrected chi connectivity index (χ3v) is 4.45. The SMILES string of the molecule is COc1cc(OC)c(NC(=O)CC(C)=NNC(=O)c2ccc(OC)c(OC)c2)cc1Cl. The van der Waals surface area contributed by atoms with Gasteiger partial charge < -0.3 is 24.3 Å². The van der Waals surface area contributed by atoms with E-state index in [0.29, 0.717) is 45.0 Å². The number of nitrogens with zero attached hydrogens (tertiary/aromatic N) is 1. The standard InChI is InChI=1S/C21H24ClN3O6/c1-12(24-25-21(27)13-6-7-16(28-2)19(9-13)31-5)8-20(26)23-15-10-14(22)17(29-3)11-18(15)30-4/h6-7,9-11H,8H2,1-5H3,(H,23,26)(H,25,27). The Labute approximate surface area is 185 Å². The van der Waals surface area contributed by atoms with Crippen molar-refractivity contribution < 1.29 is 28.5 Å². The van der Waals surface area contributed by atoms with E-state index in [9.17, 15) is 9.59 Å². The van der Waals surface area contributed by atoms with E-state index >= 15 is 0 Å². The van der Waals surface area contributed by atoms with Crippen LogP contribution in [0.25, 0.3) is 0 Å². The molecule has 2 amide bonds. The number of nitrogens with one attached hydrogen (secondary N) is 2. The van der Waals surface area contributed by atoms with Gasteiger partial charge in [0, 0.05) is 17.3 Å². The maximum atomic E-state index is 12.4. The largest absolute Gasteiger partial charge is 0.495 e. The van der Waals surface area contributed by atoms with Crippen LogP contribution in [0, 0.1) is 0 Å². The molecule has 2 aromatic carbocycles. The number of hydrazone groups is 1. The van der Waals surface area contributed by atoms with Gasteiger partial charge in [-0.3, -0.25) is 9.59 Å². The van der Waals surface area contributed by atoms with Crippen molar-refractivity contribution in [1.29, 1.82) is 0 Å². The van der Waals surface area contributed by atoms with Crippen LogP contribution in [0.5, 0.6) is 23.0 Å². The fourth-order valence-electron chi connectivity index (χ4n) is 2.61. The highest BCUT2D eigenvalue weighted by atomic mass is 35.5. The molecule has 0 saturated heterocycles. The molecule has 0 aliphatic rings. The third-order valence-electron chi connectivity index (χ3n) is 4.16. The smallest absolute Gasteiger partial charge is 0.271 e. The molecule has 166 valence electrons. The first kappa shape index (κ1) is 23.8. The molecule has 0 aliphatic carbocycles. The molecule has 0 radical (unpaired) electrons. The average Bonchev–Trinajstić information content (AvgIpc) is 2.76. The van der Waals surface area contributed by atoms with Crippen LogP contribution in [0.3, 0.4) is 0 Å². The Morgan fingerprint density at radius 3 is 2.16 bits per heavy atom. The summed E-state index contributed by atoms with van der Waals surface area (Å²) in [6.07, 6.45) is -0.0565. The number of rotatable bonds is 9. The lowest BCUT2D eigenvalue weighted by molar-refractivity contribution is -0.115. The predicted molar refractivity (Wildman–Crippen MR) is 118 cm³/mol. The van der Waals surface area contributed by atoms with E-state index in [4.69, 9.17) is 30.5 Å². The van der Waals surface area contributed by atoms with Gasteiger partial charge in [0.15, 0.2) is 11.5 Å². The number of methoxy groups -OCH3 is 4. The molecule has 2 aromatic rings. The monoisotopic (exact) mass is 449 g/mol. The summed E-state index contributed by atoms with van der Waals surface area (Å²) in [4.78, 5) is 24.7. The van der Waals surface area contributed by atoms with E-state index in [1.165, 1.54) is 40.6 Å². The van der Waals surface area contributed by atoms with Gasteiger partial charge in [-0.1, -0.05) is 11.6 Å². The lowest BCUT2D eigenvalue weighted by atomic mass is 10.2. The van der Waals surface area contributed by atoms with Crippen molar-refractivity contribution in [3.8, 4) is 23.0 Å². The minimum Gasteiger partial charge on any atom is -0.495 e. The molecule has 2 rings (SSSR count). The van der Waals surface area contributed by atoms with Gasteiger partial charge in [0.05, 0.1) is 45.6 Å². The molecule has 9 nitrogen and oxygen atoms in total. The number of hydrogen-bond acceptors (Lipinski definition) is 7. The number of carbonyl (C=O) groups is 2. The van der Waals surface area contributed by atoms with Crippen molar-refractivity contribution >= 4 is 34.8 Å². The number of halogens is 1. The molecular formula is C21H24ClN3O6. The quantitative estimate of drug-likeness (QED) is 0.448. The van der Waals surface area contributed by atoms with Crippen molar-refractivity contribution in [2.45, 2.75) is 13.3 Å². The molecule has 2 N–H and O–H groups in total. The van der Waals surface area contributed by atoms with E-state index in [2.05, 4.69) is 15.8 Å². The van der Waals surface area contributed by atoms with Crippen LogP contribution in [0.15, 0.2) is 35.4 Å². The van der Waals surface area contributed by atoms with Gasteiger partial charge in [-0.15, -0.1) is 0 Å². The molecule has 0 fully saturated rings. The van der Waals surface area contributed by atoms with Crippen LogP contribution in [-0.4, -0.2) is 46.0 Å². The van der Waals surface area contributed by atoms with Crippen LogP contribution in [0.2, 0.25) is 5.02 Å². The first-order chi connectivity index (χ1) is 14.8. The highest BCUT2D eigenvalue weighted by Crippen LogP contribution is 2.36. The molecule has 0 aliphatic heterocycles. The Kier molecular flexibility index (Phi) is 8.51. The first-order valence-electron chi connectivity index (χ1n) is 9.09. The van der Waals surface area contributed by atoms with E-state index in [0.717, 1.165) is 0 Å². The molecule has 0 saturated carbocycles. The van der Waals surface area contributed by atoms with Gasteiger partial charge in [-0.2, -0.15) is 5.10 Å². The van der Waals surface area contributed by atoms with Crippen LogP contribution in [-0.2, 0) is 4.79 Å². The number of carbonyl (C=O) groups excluding carboxylic acids is 2. The number of ether oxygens (including phenoxy) is 4. The van der Waals surface area contributed by atoms with Gasteiger partial charge in [0.25, 0.3) is 5.91 Å². The lowest BCUT2D eigenvalue weighted by Gasteiger charge is -2.13. The van der Waals surface area contributed by atoms with Crippen LogP contribution < -0.4 is 29.7 Å². The van der Waals surface area contributed by atoms with E-state index in [1.54, 1.807) is 25.1 Å². The summed E-state index contributed by atoms with van der Waals surface area (Å²) in [5, 5.41) is 7.00. The van der Waals surface area contributed by atoms with Crippen LogP contribution in [0.4, 0.5) is 5.69 Å². The summed E-state index contributed by atoms with van der Waals surface area (Å²) in [6.45, 7) is 1.62. The van der Waals surface area contributed by atoms with Gasteiger partial charge >= 0.3 is 0 Å². The summed E-state index contributed by atoms with van der Waals surface area (Å²) < 4.78 is 20.7. The number of amides is 2. The third kappa shape index (κ3) is 6.26. The predicted octanol–water partition coefficient (Wildman–Crippen LogP) is 3.51. The van der Waals surface area contributed by atoms with Crippen molar-refractivity contribution in [3.63, 3.8) is 0 Å². The summed E-state index contributed by atoms with van der Waals surface area (Å²) in [5.74, 6) is 0.926. The molecular weight excluding hydrogens is 426 g/mol. The zero-order valence-corrected chi connectivity index (χ0v) is 18.6. The average molecular weight is 450 g/mol. The Bertz CT molecular complexity index is 993. The molecule has 0 spiro atoms. The maximum Gasteiger partial charge on any atom is 0.271 e. The van der Waals surface area contributed by atoms with Crippen LogP contribution >= 0.6 is 11.6 Å². The van der Waals surface area contributed by atoms with Gasteiger partial charge in [-0.05, 0) is 31.2 Å². The zero-order valence-electron chi connectivity index (χ0n) is 17.9. The Morgan fingerprint density at radius 1 is 0.903 bits per heavy atom. The van der Waals surface area contributed by atoms with Gasteiger partial charge in [-0.25, -0.2) is 5.43 Å². The summed E-state index contributed by atoms with van der Waals surface area (Å²) in [5.41, 5.74) is 3.53. The molecule has 0 bridgehead atoms. The summed E-state index contributed by atoms with van der Waals surface area (Å²) >= 11 is 6.11. The Morgan fingerprint density at radius 2 is 1.55 bits per heavy atom. The fourth-order valence-corrected chi connectivity index (χ4v) is 2.85. The van der Waals surface area contributed by atoms with Gasteiger partial charge in [0.2, 0.25) is 5.91 Å². The van der Waals surface area contributed by atoms with Crippen molar-refractivity contribution in [1.82, 2.24) is 5.43 Å². The van der Waals surface area contributed by atoms with Crippen molar-refractivity contribution in [2.24, 2.45) is 5.10 Å². The summed E-state index contributed by atoms with van der Waals surface area (Å²) in [6, 6.07) is 7.83. The lowest BCUT2D eigenvalue weighted by Crippen LogP contribution is -2.21. The maximum absolute atomic E-state index is 12.4. The molecule has 0 unspecified atom stereocenters. The second-order valence-electron chi connectivity index (χ2n) is 6.27. The van der Waals surface area contributed by atoms with Crippen molar-refractivity contribution in [2.75, 3.05) is 33.8 Å². The minimum atomic E-state index is -0.454. The number of anilines is 1. The van der Waals surface area contributed by atoms with Gasteiger partial charge in [0.1, 0.15) is 11.5 Å². The van der Waals surface area contributed by atoms with Crippen molar-refractivity contribution in [3.05, 3.63) is 40.9 Å². The molecule has 0 heterocycles. The molecule has 0 aromatic heterocycles. The second-order valence-corrected chi connectivity index (χ2v) is 6.68. The normalized spacial score (nSPS) is 10.8. The van der Waals surface area contributed by atoms with Crippen LogP contribution in [0.1, 0.15) is 23.7 Å². The zero-order chi connectivity index (χ0) is 23.0. The van der Waals surface area contributed by atoms with E-state index < -0.39 is 5.91 Å². The summed E-state index contributed by atoms with van der Waals surface area (Å²) in [7, 11) is 5.93. The molecule has 0 atom stereocenters. The number of hydrogen-bond donors (Lipinski definition) is 2. The fraction of sp³-hybridized carbons (Fsp3) is 0.286. The molecule has 10 heteroatoms. The number of benzene rings is 2. The Hall–Kier alpha value is -3.46. The minimum absolute atomic E-state index is 0.0565. The highest BCUT2D eigenvalue weighted by Gasteiger charge is 2.14. The first-order valence-corrected chi connectivity index (χ1v) is 9.47. The highest BCUT2D eigenvalue weighted by molar-refractivity contribution is 6.32. The topological polar surface area (TPSA) is 107 Å². The van der Waals surface area contributed by atoms with E-state index in [-0.39, 0.29) is 12.3 Å².